The van der Waals surface area contributed by atoms with Gasteiger partial charge in [0.1, 0.15) is 24.5 Å². The Kier molecular flexibility index (Phi) is 7.76. The zero-order chi connectivity index (χ0) is 25.9. The molecule has 1 aromatic rings. The number of amides is 4. The Labute approximate surface area is 216 Å². The number of fused-ring (bicyclic) bond motifs is 1. The van der Waals surface area contributed by atoms with Gasteiger partial charge in [-0.25, -0.2) is 0 Å². The fourth-order valence-corrected chi connectivity index (χ4v) is 5.69. The molecule has 1 unspecified atom stereocenters. The summed E-state index contributed by atoms with van der Waals surface area (Å²) in [6, 6.07) is 4.64. The molecular weight excluding hydrogens is 478 g/mol. The Morgan fingerprint density at radius 2 is 1.95 bits per heavy atom. The number of hydrogen-bond donors (Lipinski definition) is 1. The Hall–Kier alpha value is -2.98. The molecule has 10 nitrogen and oxygen atoms in total. The molecule has 0 spiro atoms. The minimum absolute atomic E-state index is 0.000719. The molecule has 1 aromatic carbocycles. The number of carbonyl (C=O) groups is 4. The van der Waals surface area contributed by atoms with Gasteiger partial charge in [-0.15, -0.1) is 0 Å². The highest BCUT2D eigenvalue weighted by atomic mass is 16.5. The third kappa shape index (κ3) is 5.65. The fraction of sp³-hybridized carbons (Fsp3) is 0.630. The summed E-state index contributed by atoms with van der Waals surface area (Å²) in [6.07, 6.45) is 4.58. The molecule has 0 radical (unpaired) electrons. The van der Waals surface area contributed by atoms with Crippen molar-refractivity contribution in [2.45, 2.75) is 82.7 Å². The second-order valence-electron chi connectivity index (χ2n) is 10.3. The van der Waals surface area contributed by atoms with Gasteiger partial charge in [-0.3, -0.25) is 24.5 Å². The number of imide groups is 1. The van der Waals surface area contributed by atoms with E-state index >= 15 is 0 Å². The van der Waals surface area contributed by atoms with E-state index < -0.39 is 18.1 Å². The van der Waals surface area contributed by atoms with Gasteiger partial charge in [-0.1, -0.05) is 0 Å². The van der Waals surface area contributed by atoms with Gasteiger partial charge in [0.05, 0.1) is 12.1 Å². The quantitative estimate of drug-likeness (QED) is 0.553. The smallest absolute Gasteiger partial charge is 0.255 e. The summed E-state index contributed by atoms with van der Waals surface area (Å²) >= 11 is 0. The first-order valence-electron chi connectivity index (χ1n) is 13.3. The fourth-order valence-electron chi connectivity index (χ4n) is 5.69. The molecule has 4 heterocycles. The predicted molar refractivity (Wildman–Crippen MR) is 132 cm³/mol. The minimum Gasteiger partial charge on any atom is -0.491 e. The first-order valence-corrected chi connectivity index (χ1v) is 13.3. The van der Waals surface area contributed by atoms with Crippen LogP contribution in [0, 0.1) is 0 Å². The maximum atomic E-state index is 13.2. The average molecular weight is 514 g/mol. The zero-order valence-electron chi connectivity index (χ0n) is 21.3. The van der Waals surface area contributed by atoms with Gasteiger partial charge < -0.3 is 24.0 Å². The third-order valence-electron chi connectivity index (χ3n) is 7.76. The second kappa shape index (κ2) is 11.2. The van der Waals surface area contributed by atoms with Crippen molar-refractivity contribution in [1.29, 1.82) is 0 Å². The van der Waals surface area contributed by atoms with E-state index in [1.165, 1.54) is 4.90 Å². The number of ether oxygens (including phenoxy) is 3. The highest BCUT2D eigenvalue weighted by molar-refractivity contribution is 6.05. The van der Waals surface area contributed by atoms with E-state index in [2.05, 4.69) is 5.32 Å². The molecule has 0 aromatic heterocycles. The van der Waals surface area contributed by atoms with Gasteiger partial charge in [-0.05, 0) is 69.2 Å². The Balaban J connectivity index is 1.19. The summed E-state index contributed by atoms with van der Waals surface area (Å²) in [7, 11) is 0. The number of hydrogen-bond acceptors (Lipinski definition) is 7. The first-order chi connectivity index (χ1) is 17.9. The van der Waals surface area contributed by atoms with Gasteiger partial charge in [0.25, 0.3) is 11.8 Å². The summed E-state index contributed by atoms with van der Waals surface area (Å²) in [4.78, 5) is 53.3. The summed E-state index contributed by atoms with van der Waals surface area (Å²) in [5.74, 6) is -0.314. The molecule has 4 aliphatic rings. The summed E-state index contributed by atoms with van der Waals surface area (Å²) in [5.41, 5.74) is 1.34. The Morgan fingerprint density at radius 3 is 2.73 bits per heavy atom. The molecule has 37 heavy (non-hydrogen) atoms. The summed E-state index contributed by atoms with van der Waals surface area (Å²) < 4.78 is 17.6. The lowest BCUT2D eigenvalue weighted by Crippen LogP contribution is -2.52. The van der Waals surface area contributed by atoms with E-state index in [9.17, 15) is 19.2 Å². The van der Waals surface area contributed by atoms with Gasteiger partial charge in [-0.2, -0.15) is 0 Å². The predicted octanol–water partition coefficient (Wildman–Crippen LogP) is 1.79. The van der Waals surface area contributed by atoms with E-state index in [-0.39, 0.29) is 36.3 Å². The molecule has 200 valence electrons. The zero-order valence-corrected chi connectivity index (χ0v) is 21.3. The van der Waals surface area contributed by atoms with Crippen molar-refractivity contribution in [2.24, 2.45) is 0 Å². The minimum atomic E-state index is -0.644. The van der Waals surface area contributed by atoms with Crippen LogP contribution in [0.4, 0.5) is 0 Å². The summed E-state index contributed by atoms with van der Waals surface area (Å²) in [6.45, 7) is 4.52. The topological polar surface area (TPSA) is 114 Å². The van der Waals surface area contributed by atoms with Crippen LogP contribution in [0.1, 0.15) is 67.8 Å². The lowest BCUT2D eigenvalue weighted by molar-refractivity contribution is -0.154. The second-order valence-corrected chi connectivity index (χ2v) is 10.3. The van der Waals surface area contributed by atoms with Crippen LogP contribution in [-0.2, 0) is 30.4 Å². The molecule has 1 N–H and O–H groups in total. The summed E-state index contributed by atoms with van der Waals surface area (Å²) in [5, 5.41) is 2.32. The van der Waals surface area contributed by atoms with Crippen LogP contribution in [0.25, 0.3) is 0 Å². The van der Waals surface area contributed by atoms with Crippen molar-refractivity contribution >= 4 is 23.6 Å². The van der Waals surface area contributed by atoms with Crippen molar-refractivity contribution in [3.8, 4) is 5.75 Å². The van der Waals surface area contributed by atoms with Crippen molar-refractivity contribution in [1.82, 2.24) is 15.1 Å². The molecular formula is C27H35N3O7. The van der Waals surface area contributed by atoms with Gasteiger partial charge in [0, 0.05) is 38.3 Å². The van der Waals surface area contributed by atoms with Crippen LogP contribution in [0.2, 0.25) is 0 Å². The molecule has 4 aliphatic heterocycles. The standard InChI is InChI=1S/C27H35N3O7/c1-17(37-20-9-12-35-13-10-20)26(33)29-11-3-2-4-19(29)16-36-21-5-6-22-18(14-21)15-30(27(22)34)23-7-8-24(31)28-25(23)32/h5-6,14,17,19-20,23H,2-4,7-13,15-16H2,1H3,(H,28,31,32)/t17-,19+,23?/m1/s1. The lowest BCUT2D eigenvalue weighted by Gasteiger charge is -2.37. The molecule has 3 atom stereocenters. The van der Waals surface area contributed by atoms with E-state index in [4.69, 9.17) is 14.2 Å². The Morgan fingerprint density at radius 1 is 1.14 bits per heavy atom. The van der Waals surface area contributed by atoms with Crippen molar-refractivity contribution in [2.75, 3.05) is 26.4 Å². The Bertz CT molecular complexity index is 1050. The van der Waals surface area contributed by atoms with Gasteiger partial charge in [0.2, 0.25) is 11.8 Å². The average Bonchev–Trinajstić information content (AvgIpc) is 3.23. The molecule has 3 fully saturated rings. The SMILES string of the molecule is C[C@@H](OC1CCOCC1)C(=O)N1CCCC[C@H]1COc1ccc2c(c1)CN(C1CCC(=O)NC1=O)C2=O. The number of nitrogens with zero attached hydrogens (tertiary/aromatic N) is 2. The van der Waals surface area contributed by atoms with Gasteiger partial charge in [0.15, 0.2) is 0 Å². The van der Waals surface area contributed by atoms with E-state index in [1.54, 1.807) is 12.1 Å². The lowest BCUT2D eigenvalue weighted by atomic mass is 10.0. The highest BCUT2D eigenvalue weighted by Crippen LogP contribution is 2.30. The first kappa shape index (κ1) is 25.7. The van der Waals surface area contributed by atoms with Crippen LogP contribution in [0.15, 0.2) is 18.2 Å². The van der Waals surface area contributed by atoms with E-state index in [0.29, 0.717) is 50.6 Å². The largest absolute Gasteiger partial charge is 0.491 e. The van der Waals surface area contributed by atoms with Gasteiger partial charge >= 0.3 is 0 Å². The molecule has 5 rings (SSSR count). The maximum Gasteiger partial charge on any atom is 0.255 e. The third-order valence-corrected chi connectivity index (χ3v) is 7.76. The number of likely N-dealkylation sites (tertiary alicyclic amines) is 1. The van der Waals surface area contributed by atoms with Crippen LogP contribution >= 0.6 is 0 Å². The van der Waals surface area contributed by atoms with Crippen molar-refractivity contribution in [3.05, 3.63) is 29.3 Å². The van der Waals surface area contributed by atoms with Crippen molar-refractivity contribution < 1.29 is 33.4 Å². The number of piperidine rings is 2. The molecule has 3 saturated heterocycles. The maximum absolute atomic E-state index is 13.2. The van der Waals surface area contributed by atoms with Crippen LogP contribution in [0.5, 0.6) is 5.75 Å². The van der Waals surface area contributed by atoms with Crippen molar-refractivity contribution in [3.63, 3.8) is 0 Å². The highest BCUT2D eigenvalue weighted by Gasteiger charge is 2.39. The monoisotopic (exact) mass is 513 g/mol. The number of benzene rings is 1. The number of nitrogens with one attached hydrogen (secondary N) is 1. The van der Waals surface area contributed by atoms with E-state index in [1.807, 2.05) is 17.9 Å². The van der Waals surface area contributed by atoms with Crippen LogP contribution in [0.3, 0.4) is 0 Å². The molecule has 0 saturated carbocycles. The number of carbonyl (C=O) groups excluding carboxylic acids is 4. The van der Waals surface area contributed by atoms with Crippen LogP contribution in [-0.4, -0.2) is 84.1 Å². The van der Waals surface area contributed by atoms with Crippen LogP contribution < -0.4 is 10.1 Å². The normalized spacial score (nSPS) is 25.6. The number of rotatable bonds is 7. The van der Waals surface area contributed by atoms with E-state index in [0.717, 1.165) is 37.7 Å². The molecule has 4 amide bonds. The molecule has 0 bridgehead atoms. The molecule has 0 aliphatic carbocycles. The molecule has 10 heteroatoms.